The average Bonchev–Trinajstić information content (AvgIpc) is 2.66. The number of ether oxygens (including phenoxy) is 1. The van der Waals surface area contributed by atoms with E-state index in [9.17, 15) is 0 Å². The molecule has 1 aromatic rings. The summed E-state index contributed by atoms with van der Waals surface area (Å²) in [5.74, 6) is 1.84. The van der Waals surface area contributed by atoms with E-state index in [1.54, 1.807) is 0 Å². The van der Waals surface area contributed by atoms with Crippen LogP contribution in [0.5, 0.6) is 5.75 Å². The van der Waals surface area contributed by atoms with Crippen molar-refractivity contribution in [2.45, 2.75) is 46.0 Å². The zero-order valence-electron chi connectivity index (χ0n) is 15.8. The summed E-state index contributed by atoms with van der Waals surface area (Å²) in [6, 6.07) is 2.18. The highest BCUT2D eigenvalue weighted by Gasteiger charge is 2.29. The zero-order chi connectivity index (χ0) is 18.1. The SMILES string of the molecule is C=Nc1cc2c3c(c1OC1=CC(=NCC)C(C)=CC1)CCCN3CCC2. The molecule has 2 aliphatic heterocycles. The maximum atomic E-state index is 6.45. The van der Waals surface area contributed by atoms with Crippen molar-refractivity contribution in [2.75, 3.05) is 24.5 Å². The number of allylic oxidation sites excluding steroid dienone is 3. The molecular weight excluding hydrogens is 322 g/mol. The lowest BCUT2D eigenvalue weighted by molar-refractivity contribution is 0.409. The first-order valence-electron chi connectivity index (χ1n) is 9.71. The number of aliphatic imine (C=N–C) groups is 2. The van der Waals surface area contributed by atoms with Gasteiger partial charge in [0.25, 0.3) is 0 Å². The van der Waals surface area contributed by atoms with Gasteiger partial charge in [0.2, 0.25) is 0 Å². The Morgan fingerprint density at radius 3 is 2.81 bits per heavy atom. The summed E-state index contributed by atoms with van der Waals surface area (Å²) < 4.78 is 6.45. The third-order valence-corrected chi connectivity index (χ3v) is 5.50. The van der Waals surface area contributed by atoms with E-state index in [0.29, 0.717) is 0 Å². The van der Waals surface area contributed by atoms with Crippen LogP contribution in [0.3, 0.4) is 0 Å². The van der Waals surface area contributed by atoms with Crippen LogP contribution >= 0.6 is 0 Å². The summed E-state index contributed by atoms with van der Waals surface area (Å²) in [5.41, 5.74) is 7.24. The molecule has 0 atom stereocenters. The number of benzene rings is 1. The van der Waals surface area contributed by atoms with Crippen molar-refractivity contribution in [1.82, 2.24) is 0 Å². The van der Waals surface area contributed by atoms with Crippen molar-refractivity contribution in [2.24, 2.45) is 9.98 Å². The quantitative estimate of drug-likeness (QED) is 0.733. The van der Waals surface area contributed by atoms with Gasteiger partial charge in [-0.15, -0.1) is 0 Å². The normalized spacial score (nSPS) is 20.4. The van der Waals surface area contributed by atoms with Crippen LogP contribution in [0.2, 0.25) is 0 Å². The van der Waals surface area contributed by atoms with E-state index < -0.39 is 0 Å². The molecule has 136 valence electrons. The summed E-state index contributed by atoms with van der Waals surface area (Å²) in [7, 11) is 0. The molecule has 0 bridgehead atoms. The summed E-state index contributed by atoms with van der Waals surface area (Å²) >= 11 is 0. The second-order valence-corrected chi connectivity index (χ2v) is 7.23. The van der Waals surface area contributed by atoms with Crippen LogP contribution in [0.15, 0.2) is 39.5 Å². The monoisotopic (exact) mass is 349 g/mol. The second kappa shape index (κ2) is 7.10. The van der Waals surface area contributed by atoms with Gasteiger partial charge in [0.1, 0.15) is 11.4 Å². The number of hydrogen-bond donors (Lipinski definition) is 0. The van der Waals surface area contributed by atoms with E-state index >= 15 is 0 Å². The Morgan fingerprint density at radius 2 is 2.04 bits per heavy atom. The maximum absolute atomic E-state index is 6.45. The molecule has 0 amide bonds. The van der Waals surface area contributed by atoms with Gasteiger partial charge in [-0.2, -0.15) is 0 Å². The molecule has 0 unspecified atom stereocenters. The van der Waals surface area contributed by atoms with Gasteiger partial charge in [-0.05, 0) is 63.5 Å². The molecule has 0 N–H and O–H groups in total. The predicted molar refractivity (Wildman–Crippen MR) is 110 cm³/mol. The van der Waals surface area contributed by atoms with Crippen molar-refractivity contribution in [3.63, 3.8) is 0 Å². The van der Waals surface area contributed by atoms with Crippen LogP contribution in [0.1, 0.15) is 44.2 Å². The fraction of sp³-hybridized carbons (Fsp3) is 0.455. The minimum absolute atomic E-state index is 0.781. The topological polar surface area (TPSA) is 37.2 Å². The van der Waals surface area contributed by atoms with Crippen molar-refractivity contribution in [1.29, 1.82) is 0 Å². The van der Waals surface area contributed by atoms with Gasteiger partial charge in [0.05, 0.1) is 5.71 Å². The molecule has 0 aromatic heterocycles. The molecular formula is C22H27N3O. The molecule has 1 aromatic carbocycles. The fourth-order valence-electron chi connectivity index (χ4n) is 4.27. The molecule has 0 fully saturated rings. The van der Waals surface area contributed by atoms with Gasteiger partial charge in [-0.1, -0.05) is 6.08 Å². The summed E-state index contributed by atoms with van der Waals surface area (Å²) in [6.45, 7) is 11.1. The van der Waals surface area contributed by atoms with Crippen molar-refractivity contribution in [3.05, 3.63) is 40.7 Å². The summed E-state index contributed by atoms with van der Waals surface area (Å²) in [4.78, 5) is 11.4. The van der Waals surface area contributed by atoms with E-state index in [2.05, 4.69) is 53.7 Å². The first-order chi connectivity index (χ1) is 12.7. The number of aryl methyl sites for hydroxylation is 1. The Morgan fingerprint density at radius 1 is 1.23 bits per heavy atom. The molecule has 0 spiro atoms. The molecule has 0 radical (unpaired) electrons. The first-order valence-corrected chi connectivity index (χ1v) is 9.71. The summed E-state index contributed by atoms with van der Waals surface area (Å²) in [5, 5.41) is 0. The molecule has 4 nitrogen and oxygen atoms in total. The van der Waals surface area contributed by atoms with Crippen molar-refractivity contribution >= 4 is 23.8 Å². The van der Waals surface area contributed by atoms with Gasteiger partial charge in [0.15, 0.2) is 5.75 Å². The Kier molecular flexibility index (Phi) is 4.66. The van der Waals surface area contributed by atoms with Gasteiger partial charge < -0.3 is 9.64 Å². The van der Waals surface area contributed by atoms with Gasteiger partial charge in [-0.25, -0.2) is 0 Å². The van der Waals surface area contributed by atoms with Crippen LogP contribution in [0.4, 0.5) is 11.4 Å². The van der Waals surface area contributed by atoms with Crippen molar-refractivity contribution < 1.29 is 4.74 Å². The van der Waals surface area contributed by atoms with E-state index in [1.807, 2.05) is 0 Å². The van der Waals surface area contributed by atoms with Crippen molar-refractivity contribution in [3.8, 4) is 5.75 Å². The second-order valence-electron chi connectivity index (χ2n) is 7.23. The lowest BCUT2D eigenvalue weighted by atomic mass is 9.90. The van der Waals surface area contributed by atoms with Gasteiger partial charge >= 0.3 is 0 Å². The Hall–Kier alpha value is -2.36. The molecule has 2 heterocycles. The number of anilines is 1. The number of rotatable bonds is 4. The number of hydrogen-bond acceptors (Lipinski definition) is 4. The molecule has 3 aliphatic rings. The minimum atomic E-state index is 0.781. The Balaban J connectivity index is 1.75. The van der Waals surface area contributed by atoms with Crippen LogP contribution in [0.25, 0.3) is 0 Å². The first kappa shape index (κ1) is 17.1. The standard InChI is InChI=1S/C22H27N3O/c1-4-24-19-14-17(10-9-15(19)2)26-22-18-8-6-12-25-11-5-7-16(21(18)25)13-20(22)23-3/h9,13-14H,3-8,10-12H2,1-2H3. The third-order valence-electron chi connectivity index (χ3n) is 5.50. The molecule has 4 heteroatoms. The van der Waals surface area contributed by atoms with Crippen LogP contribution in [0, 0.1) is 0 Å². The highest BCUT2D eigenvalue weighted by Crippen LogP contribution is 2.46. The van der Waals surface area contributed by atoms with E-state index in [1.165, 1.54) is 35.2 Å². The van der Waals surface area contributed by atoms with E-state index in [4.69, 9.17) is 4.74 Å². The average molecular weight is 349 g/mol. The van der Waals surface area contributed by atoms with E-state index in [-0.39, 0.29) is 0 Å². The molecule has 4 rings (SSSR count). The number of nitrogens with zero attached hydrogens (tertiary/aromatic N) is 3. The van der Waals surface area contributed by atoms with Crippen LogP contribution < -0.4 is 9.64 Å². The lowest BCUT2D eigenvalue weighted by Gasteiger charge is -2.38. The molecule has 0 saturated heterocycles. The predicted octanol–water partition coefficient (Wildman–Crippen LogP) is 4.79. The largest absolute Gasteiger partial charge is 0.459 e. The lowest BCUT2D eigenvalue weighted by Crippen LogP contribution is -2.34. The maximum Gasteiger partial charge on any atom is 0.157 e. The zero-order valence-corrected chi connectivity index (χ0v) is 15.8. The molecule has 26 heavy (non-hydrogen) atoms. The third kappa shape index (κ3) is 2.98. The smallest absolute Gasteiger partial charge is 0.157 e. The molecule has 0 saturated carbocycles. The fourth-order valence-corrected chi connectivity index (χ4v) is 4.27. The highest BCUT2D eigenvalue weighted by molar-refractivity contribution is 6.09. The van der Waals surface area contributed by atoms with Gasteiger partial charge in [-0.3, -0.25) is 9.98 Å². The van der Waals surface area contributed by atoms with Gasteiger partial charge in [0, 0.05) is 43.4 Å². The minimum Gasteiger partial charge on any atom is -0.459 e. The Labute approximate surface area is 156 Å². The highest BCUT2D eigenvalue weighted by atomic mass is 16.5. The Bertz CT molecular complexity index is 830. The van der Waals surface area contributed by atoms with Crippen LogP contribution in [-0.2, 0) is 12.8 Å². The summed E-state index contributed by atoms with van der Waals surface area (Å²) in [6.07, 6.45) is 9.64. The van der Waals surface area contributed by atoms with E-state index in [0.717, 1.165) is 61.8 Å². The van der Waals surface area contributed by atoms with Crippen LogP contribution in [-0.4, -0.2) is 32.1 Å². The molecule has 1 aliphatic carbocycles.